The van der Waals surface area contributed by atoms with Gasteiger partial charge < -0.3 is 9.88 Å². The third kappa shape index (κ3) is 3.06. The molecule has 4 rings (SSSR count). The maximum atomic E-state index is 13.8. The van der Waals surface area contributed by atoms with Crippen molar-refractivity contribution in [1.29, 1.82) is 0 Å². The molecule has 0 spiro atoms. The summed E-state index contributed by atoms with van der Waals surface area (Å²) >= 11 is 1.73. The summed E-state index contributed by atoms with van der Waals surface area (Å²) in [4.78, 5) is 0. The van der Waals surface area contributed by atoms with Crippen LogP contribution < -0.4 is 5.32 Å². The molecule has 1 aliphatic heterocycles. The Bertz CT molecular complexity index is 785. The van der Waals surface area contributed by atoms with Crippen LogP contribution in [0, 0.1) is 5.82 Å². The minimum absolute atomic E-state index is 0.149. The predicted octanol–water partition coefficient (Wildman–Crippen LogP) is 4.55. The number of halogens is 1. The van der Waals surface area contributed by atoms with E-state index in [1.54, 1.807) is 23.5 Å². The Morgan fingerprint density at radius 1 is 1.22 bits per heavy atom. The standard InChI is InChI=1S/C19H21FN2S/c20-16-1-2-17-18(15-3-7-21-8-4-15)12-22(19(17)11-16)9-5-14-6-10-23-13-14/h1-2,6,10-13,15,21H,3-5,7-9H2. The highest BCUT2D eigenvalue weighted by Crippen LogP contribution is 2.33. The van der Waals surface area contributed by atoms with Crippen molar-refractivity contribution in [3.63, 3.8) is 0 Å². The molecule has 1 aromatic carbocycles. The van der Waals surface area contributed by atoms with Gasteiger partial charge in [0.15, 0.2) is 0 Å². The van der Waals surface area contributed by atoms with Gasteiger partial charge in [-0.05, 0) is 84.4 Å². The fourth-order valence-corrected chi connectivity index (χ4v) is 4.32. The summed E-state index contributed by atoms with van der Waals surface area (Å²) < 4.78 is 16.0. The van der Waals surface area contributed by atoms with E-state index in [0.717, 1.165) is 31.6 Å². The second kappa shape index (κ2) is 6.46. The molecular weight excluding hydrogens is 307 g/mol. The highest BCUT2D eigenvalue weighted by Gasteiger charge is 2.20. The summed E-state index contributed by atoms with van der Waals surface area (Å²) in [5.74, 6) is 0.441. The molecule has 23 heavy (non-hydrogen) atoms. The lowest BCUT2D eigenvalue weighted by Crippen LogP contribution is -2.26. The summed E-state index contributed by atoms with van der Waals surface area (Å²) in [6, 6.07) is 7.41. The summed E-state index contributed by atoms with van der Waals surface area (Å²) in [5, 5.41) is 8.96. The molecule has 4 heteroatoms. The third-order valence-electron chi connectivity index (χ3n) is 4.88. The zero-order valence-corrected chi connectivity index (χ0v) is 13.9. The van der Waals surface area contributed by atoms with Gasteiger partial charge in [0.2, 0.25) is 0 Å². The molecule has 0 amide bonds. The molecule has 0 radical (unpaired) electrons. The van der Waals surface area contributed by atoms with E-state index in [2.05, 4.69) is 32.9 Å². The van der Waals surface area contributed by atoms with E-state index in [-0.39, 0.29) is 5.82 Å². The molecule has 0 saturated carbocycles. The third-order valence-corrected chi connectivity index (χ3v) is 5.61. The van der Waals surface area contributed by atoms with Crippen LogP contribution in [0.3, 0.4) is 0 Å². The highest BCUT2D eigenvalue weighted by atomic mass is 32.1. The van der Waals surface area contributed by atoms with Gasteiger partial charge in [-0.3, -0.25) is 0 Å². The quantitative estimate of drug-likeness (QED) is 0.743. The summed E-state index contributed by atoms with van der Waals surface area (Å²) in [5.41, 5.74) is 3.79. The number of nitrogens with one attached hydrogen (secondary N) is 1. The molecule has 1 aliphatic rings. The number of aryl methyl sites for hydroxylation is 2. The van der Waals surface area contributed by atoms with E-state index < -0.39 is 0 Å². The smallest absolute Gasteiger partial charge is 0.125 e. The average molecular weight is 328 g/mol. The number of aromatic nitrogens is 1. The second-order valence-electron chi connectivity index (χ2n) is 6.35. The Kier molecular flexibility index (Phi) is 4.19. The van der Waals surface area contributed by atoms with Gasteiger partial charge in [0, 0.05) is 18.1 Å². The molecule has 2 aromatic heterocycles. The summed E-state index contributed by atoms with van der Waals surface area (Å²) in [6.45, 7) is 3.06. The Morgan fingerprint density at radius 3 is 2.87 bits per heavy atom. The lowest BCUT2D eigenvalue weighted by molar-refractivity contribution is 0.461. The van der Waals surface area contributed by atoms with Crippen LogP contribution in [0.4, 0.5) is 4.39 Å². The number of benzene rings is 1. The number of nitrogens with zero attached hydrogens (tertiary/aromatic N) is 1. The molecule has 0 aliphatic carbocycles. The minimum atomic E-state index is -0.149. The number of hydrogen-bond acceptors (Lipinski definition) is 2. The lowest BCUT2D eigenvalue weighted by atomic mass is 9.90. The van der Waals surface area contributed by atoms with Crippen molar-refractivity contribution >= 4 is 22.2 Å². The first-order chi connectivity index (χ1) is 11.3. The number of thiophene rings is 1. The summed E-state index contributed by atoms with van der Waals surface area (Å²) in [6.07, 6.45) is 5.60. The first kappa shape index (κ1) is 14.9. The maximum absolute atomic E-state index is 13.8. The average Bonchev–Trinajstić information content (AvgIpc) is 3.21. The maximum Gasteiger partial charge on any atom is 0.125 e. The Morgan fingerprint density at radius 2 is 2.09 bits per heavy atom. The van der Waals surface area contributed by atoms with E-state index in [0.29, 0.717) is 5.92 Å². The van der Waals surface area contributed by atoms with E-state index in [1.807, 2.05) is 6.07 Å². The van der Waals surface area contributed by atoms with E-state index >= 15 is 0 Å². The topological polar surface area (TPSA) is 17.0 Å². The zero-order valence-electron chi connectivity index (χ0n) is 13.1. The van der Waals surface area contributed by atoms with Gasteiger partial charge in [-0.2, -0.15) is 11.3 Å². The fraction of sp³-hybridized carbons (Fsp3) is 0.368. The van der Waals surface area contributed by atoms with Crippen molar-refractivity contribution in [2.75, 3.05) is 13.1 Å². The number of piperidine rings is 1. The van der Waals surface area contributed by atoms with Crippen LogP contribution >= 0.6 is 11.3 Å². The molecular formula is C19H21FN2S. The first-order valence-corrected chi connectivity index (χ1v) is 9.25. The molecule has 1 N–H and O–H groups in total. The van der Waals surface area contributed by atoms with E-state index in [9.17, 15) is 4.39 Å². The first-order valence-electron chi connectivity index (χ1n) is 8.31. The predicted molar refractivity (Wildman–Crippen MR) is 94.8 cm³/mol. The van der Waals surface area contributed by atoms with Gasteiger partial charge >= 0.3 is 0 Å². The van der Waals surface area contributed by atoms with Gasteiger partial charge in [0.1, 0.15) is 5.82 Å². The van der Waals surface area contributed by atoms with Crippen LogP contribution in [0.15, 0.2) is 41.2 Å². The van der Waals surface area contributed by atoms with Gasteiger partial charge in [0.25, 0.3) is 0 Å². The van der Waals surface area contributed by atoms with Crippen molar-refractivity contribution in [3.05, 3.63) is 58.2 Å². The zero-order chi connectivity index (χ0) is 15.6. The van der Waals surface area contributed by atoms with Crippen molar-refractivity contribution in [3.8, 4) is 0 Å². The van der Waals surface area contributed by atoms with Crippen LogP contribution in [0.25, 0.3) is 10.9 Å². The van der Waals surface area contributed by atoms with Gasteiger partial charge in [-0.1, -0.05) is 0 Å². The van der Waals surface area contributed by atoms with Crippen molar-refractivity contribution in [2.24, 2.45) is 0 Å². The van der Waals surface area contributed by atoms with E-state index in [1.165, 1.54) is 29.4 Å². The normalized spacial score (nSPS) is 16.2. The fourth-order valence-electron chi connectivity index (χ4n) is 3.62. The second-order valence-corrected chi connectivity index (χ2v) is 7.13. The van der Waals surface area contributed by atoms with Crippen molar-refractivity contribution in [1.82, 2.24) is 9.88 Å². The Labute approximate surface area is 139 Å². The highest BCUT2D eigenvalue weighted by molar-refractivity contribution is 7.07. The summed E-state index contributed by atoms with van der Waals surface area (Å²) in [7, 11) is 0. The van der Waals surface area contributed by atoms with E-state index in [4.69, 9.17) is 0 Å². The molecule has 2 nitrogen and oxygen atoms in total. The molecule has 120 valence electrons. The lowest BCUT2D eigenvalue weighted by Gasteiger charge is -2.22. The Balaban J connectivity index is 1.69. The molecule has 0 atom stereocenters. The van der Waals surface area contributed by atoms with Crippen molar-refractivity contribution < 1.29 is 4.39 Å². The number of hydrogen-bond donors (Lipinski definition) is 1. The van der Waals surface area contributed by atoms with Crippen LogP contribution in [0.2, 0.25) is 0 Å². The van der Waals surface area contributed by atoms with Gasteiger partial charge in [-0.15, -0.1) is 0 Å². The van der Waals surface area contributed by atoms with Crippen molar-refractivity contribution in [2.45, 2.75) is 31.7 Å². The van der Waals surface area contributed by atoms with Crippen LogP contribution in [-0.4, -0.2) is 17.7 Å². The minimum Gasteiger partial charge on any atom is -0.347 e. The molecule has 0 unspecified atom stereocenters. The molecule has 0 bridgehead atoms. The van der Waals surface area contributed by atoms with Gasteiger partial charge in [-0.25, -0.2) is 4.39 Å². The van der Waals surface area contributed by atoms with Gasteiger partial charge in [0.05, 0.1) is 5.52 Å². The van der Waals surface area contributed by atoms with Crippen LogP contribution in [0.1, 0.15) is 29.9 Å². The SMILES string of the molecule is Fc1ccc2c(C3CCNCC3)cn(CCc3ccsc3)c2c1. The molecule has 3 aromatic rings. The molecule has 1 saturated heterocycles. The molecule has 3 heterocycles. The monoisotopic (exact) mass is 328 g/mol. The molecule has 1 fully saturated rings. The van der Waals surface area contributed by atoms with Crippen LogP contribution in [-0.2, 0) is 13.0 Å². The number of fused-ring (bicyclic) bond motifs is 1. The Hall–Kier alpha value is -1.65. The number of rotatable bonds is 4. The van der Waals surface area contributed by atoms with Crippen LogP contribution in [0.5, 0.6) is 0 Å². The largest absolute Gasteiger partial charge is 0.347 e.